The lowest BCUT2D eigenvalue weighted by Crippen LogP contribution is -2.42. The molecule has 0 amide bonds. The van der Waals surface area contributed by atoms with Crippen LogP contribution in [0.5, 0.6) is 0 Å². The quantitative estimate of drug-likeness (QED) is 0.105. The molecule has 0 bridgehead atoms. The van der Waals surface area contributed by atoms with Gasteiger partial charge in [0.15, 0.2) is 0 Å². The normalized spacial score (nSPS) is 13.8. The first kappa shape index (κ1) is 31.2. The van der Waals surface area contributed by atoms with E-state index < -0.39 is 0 Å². The van der Waals surface area contributed by atoms with Gasteiger partial charge in [-0.3, -0.25) is 0 Å². The molecule has 2 nitrogen and oxygen atoms in total. The minimum atomic E-state index is 0.00424. The summed E-state index contributed by atoms with van der Waals surface area (Å²) < 4.78 is 2.49. The van der Waals surface area contributed by atoms with Crippen LogP contribution in [0.3, 0.4) is 0 Å². The number of benzene rings is 2. The molecule has 0 fully saturated rings. The molecule has 1 N–H and O–H groups in total. The molecule has 0 radical (unpaired) electrons. The number of hydrogen-bond acceptors (Lipinski definition) is 0. The molecule has 0 aliphatic carbocycles. The highest BCUT2D eigenvalue weighted by Gasteiger charge is 2.39. The van der Waals surface area contributed by atoms with Crippen LogP contribution in [0, 0.1) is 0 Å². The third kappa shape index (κ3) is 10.6. The van der Waals surface area contributed by atoms with Gasteiger partial charge < -0.3 is 0 Å². The molecule has 0 spiro atoms. The van der Waals surface area contributed by atoms with Crippen molar-refractivity contribution in [2.45, 2.75) is 141 Å². The van der Waals surface area contributed by atoms with Crippen LogP contribution in [0.25, 0.3) is 0 Å². The summed E-state index contributed by atoms with van der Waals surface area (Å²) in [5, 5.41) is 0. The fourth-order valence-electron chi connectivity index (χ4n) is 6.24. The zero-order valence-corrected chi connectivity index (χ0v) is 25.5. The first-order valence-electron chi connectivity index (χ1n) is 16.3. The van der Waals surface area contributed by atoms with Gasteiger partial charge in [-0.15, -0.1) is 0 Å². The lowest BCUT2D eigenvalue weighted by Gasteiger charge is -2.34. The topological polar surface area (TPSA) is 19.7 Å². The summed E-state index contributed by atoms with van der Waals surface area (Å²) in [6.07, 6.45) is 26.6. The Balaban J connectivity index is 1.39. The van der Waals surface area contributed by atoms with Crippen molar-refractivity contribution in [3.8, 4) is 0 Å². The summed E-state index contributed by atoms with van der Waals surface area (Å²) in [6.45, 7) is 8.26. The number of nitrogens with one attached hydrogen (secondary N) is 1. The third-order valence-electron chi connectivity index (χ3n) is 9.01. The smallest absolute Gasteiger partial charge is 0.247 e. The molecule has 0 saturated carbocycles. The Kier molecular flexibility index (Phi) is 14.5. The number of rotatable bonds is 21. The van der Waals surface area contributed by atoms with Crippen LogP contribution in [0.4, 0.5) is 0 Å². The Bertz CT molecular complexity index is 993. The van der Waals surface area contributed by atoms with Crippen molar-refractivity contribution in [2.24, 2.45) is 0 Å². The van der Waals surface area contributed by atoms with E-state index in [1.807, 2.05) is 0 Å². The summed E-state index contributed by atoms with van der Waals surface area (Å²) in [6, 6.07) is 22.1. The number of unbranched alkanes of at least 4 members (excludes halogenated alkanes) is 14. The van der Waals surface area contributed by atoms with Crippen molar-refractivity contribution in [1.29, 1.82) is 0 Å². The number of aryl methyl sites for hydroxylation is 1. The van der Waals surface area contributed by atoms with Crippen LogP contribution in [0.15, 0.2) is 73.1 Å². The largest absolute Gasteiger partial charge is 0.257 e. The number of H-pyrrole nitrogens is 1. The summed E-state index contributed by atoms with van der Waals surface area (Å²) in [5.41, 5.74) is 2.82. The molecular formula is C37H57N2+. The lowest BCUT2D eigenvalue weighted by molar-refractivity contribution is -0.705. The van der Waals surface area contributed by atoms with Gasteiger partial charge in [0.1, 0.15) is 12.4 Å². The van der Waals surface area contributed by atoms with E-state index in [0.29, 0.717) is 5.92 Å². The molecule has 2 aromatic carbocycles. The molecule has 2 heteroatoms. The van der Waals surface area contributed by atoms with Crippen LogP contribution in [-0.2, 0) is 18.4 Å². The average molecular weight is 530 g/mol. The molecule has 3 rings (SSSR count). The Morgan fingerprint density at radius 1 is 0.667 bits per heavy atom. The zero-order chi connectivity index (χ0) is 27.6. The van der Waals surface area contributed by atoms with Gasteiger partial charge in [-0.05, 0) is 30.4 Å². The fraction of sp³-hybridized carbons (Fsp3) is 0.595. The van der Waals surface area contributed by atoms with Gasteiger partial charge in [0.2, 0.25) is 0 Å². The molecule has 2 atom stereocenters. The summed E-state index contributed by atoms with van der Waals surface area (Å²) in [4.78, 5) is 3.63. The van der Waals surface area contributed by atoms with Crippen LogP contribution < -0.4 is 4.57 Å². The van der Waals surface area contributed by atoms with E-state index in [2.05, 4.69) is 103 Å². The minimum absolute atomic E-state index is 0.00424. The SMILES string of the molecule is CCCCCCCCCCCCCCCCC[n+]1cc[nH]c1C(C)C(C)(Cc1ccccc1)c1ccccc1. The van der Waals surface area contributed by atoms with Crippen LogP contribution in [-0.4, -0.2) is 4.98 Å². The second kappa shape index (κ2) is 18.1. The first-order chi connectivity index (χ1) is 19.1. The molecule has 39 heavy (non-hydrogen) atoms. The van der Waals surface area contributed by atoms with Crippen molar-refractivity contribution in [1.82, 2.24) is 4.98 Å². The summed E-state index contributed by atoms with van der Waals surface area (Å²) in [5.74, 6) is 1.72. The van der Waals surface area contributed by atoms with E-state index in [0.717, 1.165) is 13.0 Å². The minimum Gasteiger partial charge on any atom is -0.247 e. The van der Waals surface area contributed by atoms with Crippen molar-refractivity contribution in [3.63, 3.8) is 0 Å². The second-order valence-electron chi connectivity index (χ2n) is 12.2. The molecule has 3 aromatic rings. The summed E-state index contributed by atoms with van der Waals surface area (Å²) >= 11 is 0. The van der Waals surface area contributed by atoms with Crippen LogP contribution in [0.1, 0.15) is 140 Å². The molecule has 0 aliphatic rings. The number of imidazole rings is 1. The van der Waals surface area contributed by atoms with Crippen LogP contribution >= 0.6 is 0 Å². The Morgan fingerprint density at radius 3 is 1.69 bits per heavy atom. The highest BCUT2D eigenvalue weighted by Crippen LogP contribution is 2.40. The maximum atomic E-state index is 3.63. The molecule has 2 unspecified atom stereocenters. The fourth-order valence-corrected chi connectivity index (χ4v) is 6.24. The van der Waals surface area contributed by atoms with Gasteiger partial charge in [0, 0.05) is 5.41 Å². The first-order valence-corrected chi connectivity index (χ1v) is 16.3. The molecule has 0 aliphatic heterocycles. The van der Waals surface area contributed by atoms with Gasteiger partial charge >= 0.3 is 0 Å². The average Bonchev–Trinajstić information content (AvgIpc) is 3.44. The van der Waals surface area contributed by atoms with Gasteiger partial charge in [-0.25, -0.2) is 9.55 Å². The maximum Gasteiger partial charge on any atom is 0.257 e. The van der Waals surface area contributed by atoms with Crippen molar-refractivity contribution in [3.05, 3.63) is 90.0 Å². The number of aromatic nitrogens is 2. The second-order valence-corrected chi connectivity index (χ2v) is 12.2. The van der Waals surface area contributed by atoms with E-state index >= 15 is 0 Å². The lowest BCUT2D eigenvalue weighted by atomic mass is 9.68. The van der Waals surface area contributed by atoms with E-state index in [4.69, 9.17) is 0 Å². The highest BCUT2D eigenvalue weighted by molar-refractivity contribution is 5.32. The Morgan fingerprint density at radius 2 is 1.15 bits per heavy atom. The Hall–Kier alpha value is -2.35. The van der Waals surface area contributed by atoms with Crippen molar-refractivity contribution in [2.75, 3.05) is 0 Å². The van der Waals surface area contributed by atoms with Crippen LogP contribution in [0.2, 0.25) is 0 Å². The van der Waals surface area contributed by atoms with E-state index in [9.17, 15) is 0 Å². The predicted molar refractivity (Wildman–Crippen MR) is 168 cm³/mol. The number of nitrogens with zero attached hydrogens (tertiary/aromatic N) is 1. The monoisotopic (exact) mass is 529 g/mol. The maximum absolute atomic E-state index is 3.63. The molecule has 0 saturated heterocycles. The highest BCUT2D eigenvalue weighted by atomic mass is 15.1. The van der Waals surface area contributed by atoms with Gasteiger partial charge in [0.05, 0.1) is 12.5 Å². The third-order valence-corrected chi connectivity index (χ3v) is 9.01. The Labute approximate surface area is 240 Å². The van der Waals surface area contributed by atoms with Gasteiger partial charge in [0.25, 0.3) is 5.82 Å². The predicted octanol–water partition coefficient (Wildman–Crippen LogP) is 10.5. The van der Waals surface area contributed by atoms with Crippen molar-refractivity contribution >= 4 is 0 Å². The number of aromatic amines is 1. The number of hydrogen-bond donors (Lipinski definition) is 1. The van der Waals surface area contributed by atoms with E-state index in [1.54, 1.807) is 0 Å². The summed E-state index contributed by atoms with van der Waals surface area (Å²) in [7, 11) is 0. The van der Waals surface area contributed by atoms with Gasteiger partial charge in [-0.1, -0.05) is 165 Å². The molecule has 1 heterocycles. The van der Waals surface area contributed by atoms with Crippen molar-refractivity contribution < 1.29 is 4.57 Å². The van der Waals surface area contributed by atoms with E-state index in [-0.39, 0.29) is 5.41 Å². The molecular weight excluding hydrogens is 472 g/mol. The van der Waals surface area contributed by atoms with Gasteiger partial charge in [-0.2, -0.15) is 0 Å². The zero-order valence-electron chi connectivity index (χ0n) is 25.5. The standard InChI is InChI=1S/C37H56N2/c1-4-5-6-7-8-9-10-11-12-13-14-15-16-17-24-30-39-31-29-38-36(39)33(2)37(3,35-27-22-19-23-28-35)32-34-25-20-18-21-26-34/h18-23,25-29,31,33H,4-17,24,30,32H2,1-3H3/p+1. The van der Waals surface area contributed by atoms with E-state index in [1.165, 1.54) is 113 Å². The molecule has 1 aromatic heterocycles. The molecule has 214 valence electrons.